The molecular weight excluding hydrogens is 370 g/mol. The third kappa shape index (κ3) is 3.45. The number of nitrogens with zero attached hydrogens (tertiary/aromatic N) is 1. The number of para-hydroxylation sites is 1. The smallest absolute Gasteiger partial charge is 0.245 e. The fourth-order valence-corrected chi connectivity index (χ4v) is 4.45. The van der Waals surface area contributed by atoms with E-state index in [0.717, 1.165) is 16.7 Å². The summed E-state index contributed by atoms with van der Waals surface area (Å²) in [6, 6.07) is 27.5. The molecule has 0 bridgehead atoms. The third-order valence-corrected chi connectivity index (χ3v) is 5.94. The molecule has 1 heterocycles. The largest absolute Gasteiger partial charge is 0.274 e. The van der Waals surface area contributed by atoms with Gasteiger partial charge in [-0.05, 0) is 34.6 Å². The second kappa shape index (κ2) is 7.56. The van der Waals surface area contributed by atoms with Crippen molar-refractivity contribution in [3.05, 3.63) is 102 Å². The highest BCUT2D eigenvalue weighted by Gasteiger charge is 2.53. The Morgan fingerprint density at radius 1 is 0.800 bits per heavy atom. The lowest BCUT2D eigenvalue weighted by atomic mass is 9.74. The van der Waals surface area contributed by atoms with Gasteiger partial charge in [-0.15, -0.1) is 0 Å². The van der Waals surface area contributed by atoms with Crippen LogP contribution >= 0.6 is 0 Å². The number of anilines is 1. The first kappa shape index (κ1) is 20.1. The molecule has 3 nitrogen and oxygen atoms in total. The van der Waals surface area contributed by atoms with Crippen LogP contribution in [0.3, 0.4) is 0 Å². The molecule has 2 amide bonds. The van der Waals surface area contributed by atoms with E-state index >= 15 is 0 Å². The van der Waals surface area contributed by atoms with Crippen LogP contribution in [0.4, 0.5) is 5.69 Å². The molecule has 1 saturated heterocycles. The summed E-state index contributed by atoms with van der Waals surface area (Å²) in [5.74, 6) is -0.282. The minimum atomic E-state index is -0.898. The average molecular weight is 398 g/mol. The van der Waals surface area contributed by atoms with E-state index < -0.39 is 5.41 Å². The van der Waals surface area contributed by atoms with Gasteiger partial charge in [-0.25, -0.2) is 4.90 Å². The fraction of sp³-hybridized carbons (Fsp3) is 0.259. The Bertz CT molecular complexity index is 1070. The summed E-state index contributed by atoms with van der Waals surface area (Å²) in [7, 11) is 0. The molecule has 0 unspecified atom stereocenters. The maximum absolute atomic E-state index is 14.0. The lowest BCUT2D eigenvalue weighted by Crippen LogP contribution is -2.41. The Hall–Kier alpha value is -3.20. The molecule has 3 aromatic carbocycles. The van der Waals surface area contributed by atoms with E-state index in [2.05, 4.69) is 20.8 Å². The highest BCUT2D eigenvalue weighted by atomic mass is 16.2. The van der Waals surface area contributed by atoms with Crippen LogP contribution in [0.25, 0.3) is 0 Å². The van der Waals surface area contributed by atoms with E-state index in [-0.39, 0.29) is 23.7 Å². The van der Waals surface area contributed by atoms with Gasteiger partial charge < -0.3 is 0 Å². The first-order valence-electron chi connectivity index (χ1n) is 10.4. The first-order chi connectivity index (χ1) is 14.3. The molecule has 0 radical (unpaired) electrons. The van der Waals surface area contributed by atoms with Crippen LogP contribution in [-0.4, -0.2) is 11.8 Å². The van der Waals surface area contributed by atoms with Gasteiger partial charge in [-0.3, -0.25) is 9.59 Å². The SMILES string of the molecule is CC(C)(C)c1ccccc1N1C(=O)C[C@@](Cc2ccccc2)(c2ccccc2)C1=O. The molecule has 3 heteroatoms. The van der Waals surface area contributed by atoms with Crippen molar-refractivity contribution in [2.24, 2.45) is 0 Å². The summed E-state index contributed by atoms with van der Waals surface area (Å²) in [5.41, 5.74) is 2.55. The summed E-state index contributed by atoms with van der Waals surface area (Å²) in [6.07, 6.45) is 0.666. The van der Waals surface area contributed by atoms with Gasteiger partial charge in [-0.2, -0.15) is 0 Å². The van der Waals surface area contributed by atoms with Crippen molar-refractivity contribution in [2.45, 2.75) is 44.4 Å². The number of benzene rings is 3. The third-order valence-electron chi connectivity index (χ3n) is 5.94. The minimum Gasteiger partial charge on any atom is -0.274 e. The predicted octanol–water partition coefficient (Wildman–Crippen LogP) is 5.43. The average Bonchev–Trinajstić information content (AvgIpc) is 2.99. The van der Waals surface area contributed by atoms with Crippen LogP contribution < -0.4 is 4.90 Å². The highest BCUT2D eigenvalue weighted by molar-refractivity contribution is 6.25. The van der Waals surface area contributed by atoms with E-state index in [9.17, 15) is 9.59 Å². The van der Waals surface area contributed by atoms with Crippen LogP contribution in [0.5, 0.6) is 0 Å². The van der Waals surface area contributed by atoms with Gasteiger partial charge in [0, 0.05) is 6.42 Å². The number of amides is 2. The molecule has 0 N–H and O–H groups in total. The van der Waals surface area contributed by atoms with Crippen molar-refractivity contribution < 1.29 is 9.59 Å². The van der Waals surface area contributed by atoms with Gasteiger partial charge in [0.15, 0.2) is 0 Å². The van der Waals surface area contributed by atoms with Gasteiger partial charge in [-0.1, -0.05) is 99.6 Å². The molecule has 0 aliphatic carbocycles. The Morgan fingerprint density at radius 2 is 1.37 bits per heavy atom. The van der Waals surface area contributed by atoms with Crippen molar-refractivity contribution in [3.63, 3.8) is 0 Å². The summed E-state index contributed by atoms with van der Waals surface area (Å²) in [4.78, 5) is 28.8. The summed E-state index contributed by atoms with van der Waals surface area (Å²) in [6.45, 7) is 6.31. The zero-order valence-electron chi connectivity index (χ0n) is 17.8. The lowest BCUT2D eigenvalue weighted by molar-refractivity contribution is -0.123. The second-order valence-electron chi connectivity index (χ2n) is 9.09. The molecule has 1 aliphatic rings. The van der Waals surface area contributed by atoms with Crippen LogP contribution in [0, 0.1) is 0 Å². The number of hydrogen-bond acceptors (Lipinski definition) is 2. The Labute approximate surface area is 178 Å². The Balaban J connectivity index is 1.85. The van der Waals surface area contributed by atoms with Crippen LogP contribution in [0.2, 0.25) is 0 Å². The molecule has 0 aromatic heterocycles. The van der Waals surface area contributed by atoms with Gasteiger partial charge >= 0.3 is 0 Å². The topological polar surface area (TPSA) is 37.4 Å². The van der Waals surface area contributed by atoms with E-state index in [4.69, 9.17) is 0 Å². The summed E-state index contributed by atoms with van der Waals surface area (Å²) < 4.78 is 0. The quantitative estimate of drug-likeness (QED) is 0.551. The zero-order valence-corrected chi connectivity index (χ0v) is 17.8. The number of rotatable bonds is 4. The molecule has 1 fully saturated rings. The first-order valence-corrected chi connectivity index (χ1v) is 10.4. The van der Waals surface area contributed by atoms with Crippen LogP contribution in [0.1, 0.15) is 43.9 Å². The Morgan fingerprint density at radius 3 is 2.00 bits per heavy atom. The lowest BCUT2D eigenvalue weighted by Gasteiger charge is -2.30. The molecule has 30 heavy (non-hydrogen) atoms. The Kier molecular flexibility index (Phi) is 5.07. The fourth-order valence-electron chi connectivity index (χ4n) is 4.45. The van der Waals surface area contributed by atoms with Crippen molar-refractivity contribution >= 4 is 17.5 Å². The molecule has 1 atom stereocenters. The van der Waals surface area contributed by atoms with Crippen molar-refractivity contribution in [1.29, 1.82) is 0 Å². The minimum absolute atomic E-state index is 0.140. The molecule has 4 rings (SSSR count). The number of hydrogen-bond donors (Lipinski definition) is 0. The van der Waals surface area contributed by atoms with E-state index in [0.29, 0.717) is 12.1 Å². The molecular formula is C27H27NO2. The van der Waals surface area contributed by atoms with Gasteiger partial charge in [0.05, 0.1) is 11.1 Å². The van der Waals surface area contributed by atoms with E-state index in [1.807, 2.05) is 84.9 Å². The molecule has 1 aliphatic heterocycles. The monoisotopic (exact) mass is 397 g/mol. The summed E-state index contributed by atoms with van der Waals surface area (Å²) >= 11 is 0. The van der Waals surface area contributed by atoms with Crippen molar-refractivity contribution in [1.82, 2.24) is 0 Å². The van der Waals surface area contributed by atoms with Crippen LogP contribution in [-0.2, 0) is 26.8 Å². The number of carbonyl (C=O) groups excluding carboxylic acids is 2. The summed E-state index contributed by atoms with van der Waals surface area (Å²) in [5, 5.41) is 0. The zero-order chi connectivity index (χ0) is 21.4. The van der Waals surface area contributed by atoms with Gasteiger partial charge in [0.25, 0.3) is 0 Å². The number of imide groups is 1. The van der Waals surface area contributed by atoms with Gasteiger partial charge in [0.1, 0.15) is 0 Å². The van der Waals surface area contributed by atoms with Gasteiger partial charge in [0.2, 0.25) is 11.8 Å². The maximum Gasteiger partial charge on any atom is 0.245 e. The van der Waals surface area contributed by atoms with Crippen LogP contribution in [0.15, 0.2) is 84.9 Å². The van der Waals surface area contributed by atoms with E-state index in [1.165, 1.54) is 4.90 Å². The molecule has 0 spiro atoms. The van der Waals surface area contributed by atoms with E-state index in [1.54, 1.807) is 0 Å². The second-order valence-corrected chi connectivity index (χ2v) is 9.09. The highest BCUT2D eigenvalue weighted by Crippen LogP contribution is 2.43. The molecule has 3 aromatic rings. The standard InChI is InChI=1S/C27H27NO2/c1-26(2,3)22-16-10-11-17-23(22)28-24(29)19-27(25(28)30,21-14-8-5-9-15-21)18-20-12-6-4-7-13-20/h4-17H,18-19H2,1-3H3/t27-/m0/s1. The normalized spacial score (nSPS) is 19.4. The van der Waals surface area contributed by atoms with Crippen molar-refractivity contribution in [2.75, 3.05) is 4.90 Å². The number of carbonyl (C=O) groups is 2. The predicted molar refractivity (Wildman–Crippen MR) is 121 cm³/mol. The molecule has 0 saturated carbocycles. The maximum atomic E-state index is 14.0. The van der Waals surface area contributed by atoms with Crippen molar-refractivity contribution in [3.8, 4) is 0 Å². The molecule has 152 valence electrons.